The number of hydrogen-bond donors (Lipinski definition) is 1. The lowest BCUT2D eigenvalue weighted by Gasteiger charge is -2.06. The van der Waals surface area contributed by atoms with Gasteiger partial charge in [-0.3, -0.25) is 0 Å². The summed E-state index contributed by atoms with van der Waals surface area (Å²) >= 11 is 6.07. The van der Waals surface area contributed by atoms with Crippen LogP contribution in [0.1, 0.15) is 30.1 Å². The highest BCUT2D eigenvalue weighted by molar-refractivity contribution is 6.35. The predicted octanol–water partition coefficient (Wildman–Crippen LogP) is 3.93. The van der Waals surface area contributed by atoms with Crippen LogP contribution in [0, 0.1) is 5.82 Å². The first-order chi connectivity index (χ1) is 8.57. The third-order valence-electron chi connectivity index (χ3n) is 2.92. The molecule has 1 aromatic heterocycles. The van der Waals surface area contributed by atoms with Gasteiger partial charge in [0.2, 0.25) is 0 Å². The van der Waals surface area contributed by atoms with Gasteiger partial charge in [0.25, 0.3) is 0 Å². The molecule has 0 atom stereocenters. The standard InChI is InChI=1S/C13H13ClFNO2/c1-2-3-7-16-11-8(5-4-6-9(11)15)10(12(16)14)13(17)18/h4-6H,2-3,7H2,1H3,(H,17,18). The van der Waals surface area contributed by atoms with Crippen LogP contribution in [0.3, 0.4) is 0 Å². The van der Waals surface area contributed by atoms with Crippen molar-refractivity contribution < 1.29 is 14.3 Å². The Morgan fingerprint density at radius 2 is 2.22 bits per heavy atom. The number of halogens is 2. The molecule has 2 aromatic rings. The summed E-state index contributed by atoms with van der Waals surface area (Å²) in [6.07, 6.45) is 1.74. The molecule has 0 amide bonds. The Balaban J connectivity index is 2.75. The number of nitrogens with zero attached hydrogens (tertiary/aromatic N) is 1. The van der Waals surface area contributed by atoms with Crippen molar-refractivity contribution in [1.82, 2.24) is 4.57 Å². The number of carboxylic acid groups (broad SMARTS) is 1. The summed E-state index contributed by atoms with van der Waals surface area (Å²) in [6.45, 7) is 2.52. The number of benzene rings is 1. The van der Waals surface area contributed by atoms with Crippen molar-refractivity contribution in [1.29, 1.82) is 0 Å². The van der Waals surface area contributed by atoms with Crippen molar-refractivity contribution in [2.24, 2.45) is 0 Å². The molecule has 2 rings (SSSR count). The highest BCUT2D eigenvalue weighted by Gasteiger charge is 2.22. The van der Waals surface area contributed by atoms with Crippen LogP contribution in [-0.4, -0.2) is 15.6 Å². The van der Waals surface area contributed by atoms with Gasteiger partial charge in [-0.2, -0.15) is 0 Å². The van der Waals surface area contributed by atoms with Gasteiger partial charge in [-0.15, -0.1) is 0 Å². The molecule has 0 aliphatic rings. The van der Waals surface area contributed by atoms with E-state index in [1.807, 2.05) is 6.92 Å². The van der Waals surface area contributed by atoms with Gasteiger partial charge in [0.15, 0.2) is 0 Å². The van der Waals surface area contributed by atoms with Gasteiger partial charge in [-0.25, -0.2) is 9.18 Å². The molecule has 0 unspecified atom stereocenters. The Bertz CT molecular complexity index is 607. The molecule has 1 heterocycles. The molecule has 3 nitrogen and oxygen atoms in total. The highest BCUT2D eigenvalue weighted by atomic mass is 35.5. The van der Waals surface area contributed by atoms with Crippen LogP contribution in [0.4, 0.5) is 4.39 Å². The minimum atomic E-state index is -1.13. The topological polar surface area (TPSA) is 42.2 Å². The molecule has 0 saturated carbocycles. The van der Waals surface area contributed by atoms with Crippen LogP contribution < -0.4 is 0 Å². The lowest BCUT2D eigenvalue weighted by atomic mass is 10.2. The number of aromatic carboxylic acids is 1. The Kier molecular flexibility index (Phi) is 3.57. The monoisotopic (exact) mass is 269 g/mol. The molecule has 18 heavy (non-hydrogen) atoms. The first kappa shape index (κ1) is 12.9. The summed E-state index contributed by atoms with van der Waals surface area (Å²) in [7, 11) is 0. The average molecular weight is 270 g/mol. The summed E-state index contributed by atoms with van der Waals surface area (Å²) in [5, 5.41) is 9.62. The van der Waals surface area contributed by atoms with Crippen molar-refractivity contribution in [2.75, 3.05) is 0 Å². The van der Waals surface area contributed by atoms with Crippen LogP contribution in [0.2, 0.25) is 5.15 Å². The van der Waals surface area contributed by atoms with Crippen molar-refractivity contribution in [2.45, 2.75) is 26.3 Å². The predicted molar refractivity (Wildman–Crippen MR) is 68.8 cm³/mol. The number of aryl methyl sites for hydroxylation is 1. The van der Waals surface area contributed by atoms with E-state index in [4.69, 9.17) is 11.6 Å². The first-order valence-corrected chi connectivity index (χ1v) is 6.15. The van der Waals surface area contributed by atoms with Crippen LogP contribution in [-0.2, 0) is 6.54 Å². The van der Waals surface area contributed by atoms with Gasteiger partial charge < -0.3 is 9.67 Å². The molecule has 0 aliphatic carbocycles. The summed E-state index contributed by atoms with van der Waals surface area (Å²) in [5.41, 5.74) is 0.246. The van der Waals surface area contributed by atoms with Gasteiger partial charge in [0.05, 0.1) is 5.52 Å². The molecule has 0 radical (unpaired) electrons. The summed E-state index contributed by atoms with van der Waals surface area (Å²) in [4.78, 5) is 11.2. The first-order valence-electron chi connectivity index (χ1n) is 5.77. The van der Waals surface area contributed by atoms with E-state index >= 15 is 0 Å². The largest absolute Gasteiger partial charge is 0.478 e. The smallest absolute Gasteiger partial charge is 0.339 e. The number of hydrogen-bond acceptors (Lipinski definition) is 1. The maximum absolute atomic E-state index is 13.9. The van der Waals surface area contributed by atoms with E-state index in [0.29, 0.717) is 11.9 Å². The molecule has 5 heteroatoms. The number of unbranched alkanes of at least 4 members (excludes halogenated alkanes) is 1. The summed E-state index contributed by atoms with van der Waals surface area (Å²) in [5.74, 6) is -1.58. The number of aromatic nitrogens is 1. The minimum Gasteiger partial charge on any atom is -0.478 e. The molecule has 1 aromatic carbocycles. The van der Waals surface area contributed by atoms with Crippen LogP contribution in [0.5, 0.6) is 0 Å². The number of carboxylic acids is 1. The fourth-order valence-corrected chi connectivity index (χ4v) is 2.42. The second kappa shape index (κ2) is 4.98. The normalized spacial score (nSPS) is 11.1. The Morgan fingerprint density at radius 1 is 1.50 bits per heavy atom. The van der Waals surface area contributed by atoms with Gasteiger partial charge in [-0.1, -0.05) is 37.1 Å². The van der Waals surface area contributed by atoms with Crippen LogP contribution >= 0.6 is 11.6 Å². The van der Waals surface area contributed by atoms with Gasteiger partial charge in [0, 0.05) is 11.9 Å². The van der Waals surface area contributed by atoms with E-state index in [9.17, 15) is 14.3 Å². The molecule has 0 saturated heterocycles. The van der Waals surface area contributed by atoms with Crippen molar-refractivity contribution >= 4 is 28.5 Å². The van der Waals surface area contributed by atoms with Gasteiger partial charge >= 0.3 is 5.97 Å². The molecule has 96 valence electrons. The molecule has 1 N–H and O–H groups in total. The fourth-order valence-electron chi connectivity index (χ4n) is 2.07. The van der Waals surface area contributed by atoms with E-state index in [1.165, 1.54) is 12.1 Å². The number of para-hydroxylation sites is 1. The lowest BCUT2D eigenvalue weighted by molar-refractivity contribution is 0.0699. The van der Waals surface area contributed by atoms with Crippen molar-refractivity contribution in [3.63, 3.8) is 0 Å². The van der Waals surface area contributed by atoms with E-state index < -0.39 is 11.8 Å². The zero-order chi connectivity index (χ0) is 13.3. The molecule has 0 fully saturated rings. The number of rotatable bonds is 4. The maximum Gasteiger partial charge on any atom is 0.339 e. The molecule has 0 bridgehead atoms. The van der Waals surface area contributed by atoms with E-state index in [2.05, 4.69) is 0 Å². The zero-order valence-electron chi connectivity index (χ0n) is 9.91. The molecule has 0 aliphatic heterocycles. The van der Waals surface area contributed by atoms with Crippen LogP contribution in [0.15, 0.2) is 18.2 Å². The summed E-state index contributed by atoms with van der Waals surface area (Å²) in [6, 6.07) is 4.38. The van der Waals surface area contributed by atoms with Crippen molar-refractivity contribution in [3.05, 3.63) is 34.7 Å². The molecular formula is C13H13ClFNO2. The number of carbonyl (C=O) groups is 1. The molecule has 0 spiro atoms. The van der Waals surface area contributed by atoms with E-state index in [-0.39, 0.29) is 16.2 Å². The SMILES string of the molecule is CCCCn1c(Cl)c(C(=O)O)c2cccc(F)c21. The van der Waals surface area contributed by atoms with E-state index in [0.717, 1.165) is 12.8 Å². The van der Waals surface area contributed by atoms with Crippen LogP contribution in [0.25, 0.3) is 10.9 Å². The third kappa shape index (κ3) is 1.97. The Hall–Kier alpha value is -1.55. The highest BCUT2D eigenvalue weighted by Crippen LogP contribution is 2.32. The quantitative estimate of drug-likeness (QED) is 0.914. The van der Waals surface area contributed by atoms with Crippen molar-refractivity contribution in [3.8, 4) is 0 Å². The molecular weight excluding hydrogens is 257 g/mol. The Morgan fingerprint density at radius 3 is 2.83 bits per heavy atom. The zero-order valence-corrected chi connectivity index (χ0v) is 10.7. The minimum absolute atomic E-state index is 0.0257. The van der Waals surface area contributed by atoms with Gasteiger partial charge in [-0.05, 0) is 12.5 Å². The lowest BCUT2D eigenvalue weighted by Crippen LogP contribution is -2.00. The summed E-state index contributed by atoms with van der Waals surface area (Å²) < 4.78 is 15.4. The second-order valence-corrected chi connectivity index (χ2v) is 4.47. The Labute approximate surface area is 109 Å². The fraction of sp³-hybridized carbons (Fsp3) is 0.308. The number of fused-ring (bicyclic) bond motifs is 1. The van der Waals surface area contributed by atoms with E-state index in [1.54, 1.807) is 10.6 Å². The third-order valence-corrected chi connectivity index (χ3v) is 3.31. The second-order valence-electron chi connectivity index (χ2n) is 4.11. The maximum atomic E-state index is 13.9. The average Bonchev–Trinajstić information content (AvgIpc) is 2.60. The van der Waals surface area contributed by atoms with Gasteiger partial charge in [0.1, 0.15) is 16.5 Å².